The second kappa shape index (κ2) is 4.37. The molecule has 0 aliphatic carbocycles. The van der Waals surface area contributed by atoms with Crippen molar-refractivity contribution in [1.29, 1.82) is 0 Å². The van der Waals surface area contributed by atoms with Crippen LogP contribution >= 0.6 is 0 Å². The Hall–Kier alpha value is -0.521. The van der Waals surface area contributed by atoms with Crippen LogP contribution in [0, 0.1) is 0 Å². The van der Waals surface area contributed by atoms with Crippen LogP contribution in [0.3, 0.4) is 0 Å². The Morgan fingerprint density at radius 2 is 2.00 bits per heavy atom. The predicted molar refractivity (Wildman–Crippen MR) is 32.8 cm³/mol. The van der Waals surface area contributed by atoms with E-state index < -0.39 is 11.9 Å². The molecule has 0 unspecified atom stereocenters. The van der Waals surface area contributed by atoms with Crippen molar-refractivity contribution in [2.24, 2.45) is 0 Å². The molecule has 0 heterocycles. The molecule has 1 N–H and O–H groups in total. The van der Waals surface area contributed by atoms with Crippen molar-refractivity contribution in [2.75, 3.05) is 0 Å². The molecule has 0 aliphatic rings. The molecule has 0 saturated heterocycles. The summed E-state index contributed by atoms with van der Waals surface area (Å²) in [5.41, 5.74) is 0. The number of carbonyl (C=O) groups is 2. The Bertz CT molecular complexity index is 151. The standard InChI is InChI=1S/C4H4O4.Sn.3H/c5-3(6)1-2-4(7)8;;;;/h1-2H,(H,5,6)(H,7,8);;;;/q;+1;;;/p-1/b2-1-;;;;. The van der Waals surface area contributed by atoms with Crippen molar-refractivity contribution in [2.45, 2.75) is 0 Å². The molecule has 0 aromatic carbocycles. The molecule has 0 aromatic rings. The Kier molecular flexibility index (Phi) is 4.11. The molecule has 9 heavy (non-hydrogen) atoms. The summed E-state index contributed by atoms with van der Waals surface area (Å²) in [5, 5.41) is 7.98. The second-order valence-corrected chi connectivity index (χ2v) is 2.36. The van der Waals surface area contributed by atoms with Crippen LogP contribution in [0.4, 0.5) is 0 Å². The van der Waals surface area contributed by atoms with Gasteiger partial charge in [-0.1, -0.05) is 0 Å². The number of carbonyl (C=O) groups excluding carboxylic acids is 1. The fourth-order valence-corrected chi connectivity index (χ4v) is 0.596. The maximum atomic E-state index is 10.2. The van der Waals surface area contributed by atoms with Crippen LogP contribution in [0.5, 0.6) is 0 Å². The molecule has 4 nitrogen and oxygen atoms in total. The van der Waals surface area contributed by atoms with E-state index in [9.17, 15) is 9.59 Å². The topological polar surface area (TPSA) is 63.6 Å². The molecule has 0 aliphatic heterocycles. The van der Waals surface area contributed by atoms with Crippen molar-refractivity contribution in [3.8, 4) is 0 Å². The Balaban J connectivity index is 3.71. The fraction of sp³-hybridized carbons (Fsp3) is 0. The number of hydrogen-bond acceptors (Lipinski definition) is 3. The van der Waals surface area contributed by atoms with Crippen LogP contribution in [0.1, 0.15) is 0 Å². The van der Waals surface area contributed by atoms with Crippen LogP contribution in [0.25, 0.3) is 0 Å². The van der Waals surface area contributed by atoms with Gasteiger partial charge < -0.3 is 0 Å². The average molecular weight is 237 g/mol. The summed E-state index contributed by atoms with van der Waals surface area (Å²) in [6, 6.07) is 0. The van der Waals surface area contributed by atoms with Crippen molar-refractivity contribution >= 4 is 34.9 Å². The summed E-state index contributed by atoms with van der Waals surface area (Å²) < 4.78 is 4.32. The molecule has 0 radical (unpaired) electrons. The van der Waals surface area contributed by atoms with Gasteiger partial charge in [-0.15, -0.1) is 0 Å². The zero-order chi connectivity index (χ0) is 7.28. The van der Waals surface area contributed by atoms with Gasteiger partial charge in [0.25, 0.3) is 0 Å². The molecule has 0 rings (SSSR count). The van der Waals surface area contributed by atoms with Crippen LogP contribution < -0.4 is 0 Å². The molecular formula is C4H6O4Sn. The minimum absolute atomic E-state index is 0.164. The van der Waals surface area contributed by atoms with E-state index in [1.54, 1.807) is 0 Å². The van der Waals surface area contributed by atoms with Crippen molar-refractivity contribution in [3.05, 3.63) is 12.2 Å². The Labute approximate surface area is 65.1 Å². The quantitative estimate of drug-likeness (QED) is 0.466. The average Bonchev–Trinajstić information content (AvgIpc) is 1.83. The molecular weight excluding hydrogens is 231 g/mol. The first-order valence-corrected chi connectivity index (χ1v) is 4.49. The van der Waals surface area contributed by atoms with Gasteiger partial charge in [-0.2, -0.15) is 0 Å². The maximum absolute atomic E-state index is 10.2. The first kappa shape index (κ1) is 8.48. The van der Waals surface area contributed by atoms with E-state index in [0.717, 1.165) is 12.2 Å². The van der Waals surface area contributed by atoms with Gasteiger partial charge in [-0.05, 0) is 0 Å². The summed E-state index contributed by atoms with van der Waals surface area (Å²) in [7, 11) is 0. The van der Waals surface area contributed by atoms with Gasteiger partial charge in [-0.25, -0.2) is 0 Å². The third kappa shape index (κ3) is 5.35. The molecule has 0 bridgehead atoms. The molecule has 0 spiro atoms. The SMILES string of the molecule is O=C(O)/C=C\C(=O)[O][SnH3]. The third-order valence-corrected chi connectivity index (χ3v) is 1.71. The van der Waals surface area contributed by atoms with Gasteiger partial charge in [0.1, 0.15) is 0 Å². The summed E-state index contributed by atoms with van der Waals surface area (Å²) >= 11 is -0.164. The van der Waals surface area contributed by atoms with E-state index in [-0.39, 0.29) is 22.9 Å². The van der Waals surface area contributed by atoms with Crippen LogP contribution in [-0.4, -0.2) is 40.0 Å². The zero-order valence-electron chi connectivity index (χ0n) is 4.83. The van der Waals surface area contributed by atoms with E-state index in [2.05, 4.69) is 3.07 Å². The second-order valence-electron chi connectivity index (χ2n) is 1.19. The molecule has 50 valence electrons. The van der Waals surface area contributed by atoms with Crippen LogP contribution in [0.15, 0.2) is 12.2 Å². The summed E-state index contributed by atoms with van der Waals surface area (Å²) in [5.74, 6) is -1.72. The summed E-state index contributed by atoms with van der Waals surface area (Å²) in [4.78, 5) is 19.9. The molecule has 0 fully saturated rings. The van der Waals surface area contributed by atoms with Gasteiger partial charge in [-0.3, -0.25) is 0 Å². The fourth-order valence-electron chi connectivity index (χ4n) is 0.207. The number of rotatable bonds is 2. The van der Waals surface area contributed by atoms with Gasteiger partial charge in [0.15, 0.2) is 0 Å². The number of aliphatic carboxylic acids is 1. The van der Waals surface area contributed by atoms with Gasteiger partial charge in [0, 0.05) is 0 Å². The van der Waals surface area contributed by atoms with Crippen LogP contribution in [-0.2, 0) is 12.7 Å². The first-order valence-electron chi connectivity index (χ1n) is 2.15. The number of hydrogen-bond donors (Lipinski definition) is 1. The van der Waals surface area contributed by atoms with E-state index >= 15 is 0 Å². The van der Waals surface area contributed by atoms with Crippen molar-refractivity contribution in [3.63, 3.8) is 0 Å². The first-order chi connectivity index (χ1) is 4.16. The Morgan fingerprint density at radius 1 is 1.44 bits per heavy atom. The van der Waals surface area contributed by atoms with E-state index in [1.165, 1.54) is 0 Å². The van der Waals surface area contributed by atoms with E-state index in [0.29, 0.717) is 0 Å². The third-order valence-electron chi connectivity index (χ3n) is 0.563. The van der Waals surface area contributed by atoms with E-state index in [1.807, 2.05) is 0 Å². The summed E-state index contributed by atoms with van der Waals surface area (Å²) in [6.07, 6.45) is 1.64. The predicted octanol–water partition coefficient (Wildman–Crippen LogP) is -1.55. The monoisotopic (exact) mass is 238 g/mol. The van der Waals surface area contributed by atoms with Gasteiger partial charge in [0.05, 0.1) is 0 Å². The molecule has 0 aromatic heterocycles. The van der Waals surface area contributed by atoms with Gasteiger partial charge in [0.2, 0.25) is 0 Å². The zero-order valence-corrected chi connectivity index (χ0v) is 10.5. The molecule has 0 saturated carbocycles. The minimum atomic E-state index is -1.14. The van der Waals surface area contributed by atoms with E-state index in [4.69, 9.17) is 5.11 Å². The molecule has 0 atom stereocenters. The Morgan fingerprint density at radius 3 is 2.33 bits per heavy atom. The number of carboxylic acid groups (broad SMARTS) is 1. The van der Waals surface area contributed by atoms with Crippen molar-refractivity contribution in [1.82, 2.24) is 0 Å². The normalized spacial score (nSPS) is 9.78. The molecule has 0 amide bonds. The van der Waals surface area contributed by atoms with Gasteiger partial charge >= 0.3 is 64.8 Å². The van der Waals surface area contributed by atoms with Crippen LogP contribution in [0.2, 0.25) is 0 Å². The molecule has 5 heteroatoms. The number of carboxylic acids is 1. The summed E-state index contributed by atoms with van der Waals surface area (Å²) in [6.45, 7) is 0. The van der Waals surface area contributed by atoms with Crippen molar-refractivity contribution < 1.29 is 17.8 Å².